The van der Waals surface area contributed by atoms with E-state index in [1.54, 1.807) is 0 Å². The normalized spacial score (nSPS) is 11.8. The van der Waals surface area contributed by atoms with Gasteiger partial charge in [0.1, 0.15) is 0 Å². The van der Waals surface area contributed by atoms with Gasteiger partial charge in [0.15, 0.2) is 0 Å². The van der Waals surface area contributed by atoms with Gasteiger partial charge in [0.05, 0.1) is 5.60 Å². The summed E-state index contributed by atoms with van der Waals surface area (Å²) in [5.74, 6) is 0. The first-order valence-electron chi connectivity index (χ1n) is 12.5. The van der Waals surface area contributed by atoms with Gasteiger partial charge < -0.3 is 5.11 Å². The molecule has 162 valence electrons. The Morgan fingerprint density at radius 1 is 0.536 bits per heavy atom. The van der Waals surface area contributed by atoms with Gasteiger partial charge in [0.2, 0.25) is 0 Å². The van der Waals surface area contributed by atoms with Gasteiger partial charge in [-0.1, -0.05) is 147 Å². The molecule has 0 atom stereocenters. The molecule has 1 aromatic rings. The first kappa shape index (κ1) is 25.2. The number of hydrogen-bond acceptors (Lipinski definition) is 1. The zero-order valence-electron chi connectivity index (χ0n) is 19.1. The first-order valence-corrected chi connectivity index (χ1v) is 12.5. The van der Waals surface area contributed by atoms with E-state index in [2.05, 4.69) is 44.2 Å². The molecule has 0 bridgehead atoms. The van der Waals surface area contributed by atoms with E-state index >= 15 is 0 Å². The zero-order chi connectivity index (χ0) is 20.3. The molecule has 0 fully saturated rings. The number of benzene rings is 1. The summed E-state index contributed by atoms with van der Waals surface area (Å²) >= 11 is 0. The Kier molecular flexibility index (Phi) is 15.4. The standard InChI is InChI=1S/C27H48O/c1-3-5-7-9-11-13-15-20-24-27(28,26-22-18-17-19-23-26)25-21-16-14-12-10-8-6-4-2/h17-19,22-23,28H,3-16,20-21,24-25H2,1-2H3. The Bertz CT molecular complexity index is 419. The molecule has 0 saturated heterocycles. The second-order valence-electron chi connectivity index (χ2n) is 8.85. The minimum atomic E-state index is -0.619. The van der Waals surface area contributed by atoms with Crippen molar-refractivity contribution < 1.29 is 5.11 Å². The quantitative estimate of drug-likeness (QED) is 0.234. The van der Waals surface area contributed by atoms with Crippen LogP contribution >= 0.6 is 0 Å². The summed E-state index contributed by atoms with van der Waals surface area (Å²) in [7, 11) is 0. The van der Waals surface area contributed by atoms with E-state index in [9.17, 15) is 5.11 Å². The summed E-state index contributed by atoms with van der Waals surface area (Å²) in [6.45, 7) is 4.55. The zero-order valence-corrected chi connectivity index (χ0v) is 19.1. The average molecular weight is 389 g/mol. The molecular weight excluding hydrogens is 340 g/mol. The molecule has 1 nitrogen and oxygen atoms in total. The molecule has 0 unspecified atom stereocenters. The average Bonchev–Trinajstić information content (AvgIpc) is 2.72. The van der Waals surface area contributed by atoms with Gasteiger partial charge in [0, 0.05) is 0 Å². The van der Waals surface area contributed by atoms with Gasteiger partial charge in [-0.25, -0.2) is 0 Å². The highest BCUT2D eigenvalue weighted by atomic mass is 16.3. The Morgan fingerprint density at radius 3 is 1.29 bits per heavy atom. The minimum Gasteiger partial charge on any atom is -0.385 e. The lowest BCUT2D eigenvalue weighted by molar-refractivity contribution is 0.0132. The number of rotatable bonds is 19. The summed E-state index contributed by atoms with van der Waals surface area (Å²) in [5.41, 5.74) is 0.506. The summed E-state index contributed by atoms with van der Waals surface area (Å²) in [4.78, 5) is 0. The molecule has 0 amide bonds. The van der Waals surface area contributed by atoms with Crippen LogP contribution in [0.25, 0.3) is 0 Å². The van der Waals surface area contributed by atoms with Crippen molar-refractivity contribution in [2.45, 2.75) is 135 Å². The third kappa shape index (κ3) is 11.9. The number of aliphatic hydroxyl groups is 1. The fourth-order valence-corrected chi connectivity index (χ4v) is 4.26. The van der Waals surface area contributed by atoms with Crippen LogP contribution in [0.4, 0.5) is 0 Å². The third-order valence-corrected chi connectivity index (χ3v) is 6.20. The smallest absolute Gasteiger partial charge is 0.0896 e. The largest absolute Gasteiger partial charge is 0.385 e. The predicted molar refractivity (Wildman–Crippen MR) is 125 cm³/mol. The Balaban J connectivity index is 2.30. The van der Waals surface area contributed by atoms with Crippen LogP contribution in [0.2, 0.25) is 0 Å². The van der Waals surface area contributed by atoms with E-state index in [1.807, 2.05) is 0 Å². The monoisotopic (exact) mass is 388 g/mol. The summed E-state index contributed by atoms with van der Waals surface area (Å²) in [5, 5.41) is 11.4. The van der Waals surface area contributed by atoms with Crippen molar-refractivity contribution in [3.63, 3.8) is 0 Å². The van der Waals surface area contributed by atoms with E-state index < -0.39 is 5.60 Å². The molecule has 0 spiro atoms. The van der Waals surface area contributed by atoms with E-state index in [0.29, 0.717) is 0 Å². The van der Waals surface area contributed by atoms with Crippen LogP contribution in [0.15, 0.2) is 30.3 Å². The number of unbranched alkanes of at least 4 members (excludes halogenated alkanes) is 14. The molecule has 1 N–H and O–H groups in total. The topological polar surface area (TPSA) is 20.2 Å². The van der Waals surface area contributed by atoms with Crippen LogP contribution in [0, 0.1) is 0 Å². The fourth-order valence-electron chi connectivity index (χ4n) is 4.26. The van der Waals surface area contributed by atoms with Crippen LogP contribution in [-0.2, 0) is 5.60 Å². The maximum absolute atomic E-state index is 11.4. The van der Waals surface area contributed by atoms with E-state index in [1.165, 1.54) is 89.9 Å². The molecule has 0 aromatic heterocycles. The SMILES string of the molecule is CCCCCCCCCCC(O)(CCCCCCCCCC)c1ccccc1. The first-order chi connectivity index (χ1) is 13.7. The summed E-state index contributed by atoms with van der Waals surface area (Å²) in [6.07, 6.45) is 23.0. The van der Waals surface area contributed by atoms with Crippen molar-refractivity contribution in [3.05, 3.63) is 35.9 Å². The maximum Gasteiger partial charge on any atom is 0.0896 e. The van der Waals surface area contributed by atoms with Gasteiger partial charge in [0.25, 0.3) is 0 Å². The number of hydrogen-bond donors (Lipinski definition) is 1. The van der Waals surface area contributed by atoms with Crippen molar-refractivity contribution in [1.82, 2.24) is 0 Å². The molecule has 28 heavy (non-hydrogen) atoms. The van der Waals surface area contributed by atoms with E-state index in [0.717, 1.165) is 31.2 Å². The van der Waals surface area contributed by atoms with Crippen LogP contribution in [-0.4, -0.2) is 5.11 Å². The molecule has 0 radical (unpaired) electrons. The van der Waals surface area contributed by atoms with Gasteiger partial charge in [-0.2, -0.15) is 0 Å². The Morgan fingerprint density at radius 2 is 0.893 bits per heavy atom. The van der Waals surface area contributed by atoms with Crippen LogP contribution < -0.4 is 0 Å². The van der Waals surface area contributed by atoms with Gasteiger partial charge in [-0.3, -0.25) is 0 Å². The molecule has 0 saturated carbocycles. The highest BCUT2D eigenvalue weighted by Gasteiger charge is 2.27. The molecule has 0 aliphatic carbocycles. The second kappa shape index (κ2) is 17.1. The lowest BCUT2D eigenvalue weighted by Gasteiger charge is -2.29. The van der Waals surface area contributed by atoms with Crippen molar-refractivity contribution >= 4 is 0 Å². The minimum absolute atomic E-state index is 0.619. The summed E-state index contributed by atoms with van der Waals surface area (Å²) < 4.78 is 0. The highest BCUT2D eigenvalue weighted by Crippen LogP contribution is 2.33. The molecule has 0 aliphatic rings. The second-order valence-corrected chi connectivity index (χ2v) is 8.85. The van der Waals surface area contributed by atoms with Crippen LogP contribution in [0.5, 0.6) is 0 Å². The Hall–Kier alpha value is -0.820. The predicted octanol–water partition coefficient (Wildman–Crippen LogP) is 8.94. The molecule has 1 heteroatoms. The highest BCUT2D eigenvalue weighted by molar-refractivity contribution is 5.22. The van der Waals surface area contributed by atoms with Crippen LogP contribution in [0.3, 0.4) is 0 Å². The molecule has 0 aliphatic heterocycles. The summed E-state index contributed by atoms with van der Waals surface area (Å²) in [6, 6.07) is 10.4. The lowest BCUT2D eigenvalue weighted by atomic mass is 9.83. The van der Waals surface area contributed by atoms with Gasteiger partial charge in [-0.15, -0.1) is 0 Å². The van der Waals surface area contributed by atoms with Crippen molar-refractivity contribution in [2.75, 3.05) is 0 Å². The Labute approximate surface area is 176 Å². The van der Waals surface area contributed by atoms with Crippen LogP contribution in [0.1, 0.15) is 135 Å². The molecule has 0 heterocycles. The van der Waals surface area contributed by atoms with Crippen molar-refractivity contribution in [1.29, 1.82) is 0 Å². The maximum atomic E-state index is 11.4. The fraction of sp³-hybridized carbons (Fsp3) is 0.778. The molecule has 1 aromatic carbocycles. The lowest BCUT2D eigenvalue weighted by Crippen LogP contribution is -2.25. The van der Waals surface area contributed by atoms with Crippen molar-refractivity contribution in [3.8, 4) is 0 Å². The van der Waals surface area contributed by atoms with E-state index in [4.69, 9.17) is 0 Å². The molecule has 1 rings (SSSR count). The molecular formula is C27H48O. The van der Waals surface area contributed by atoms with Gasteiger partial charge in [-0.05, 0) is 18.4 Å². The third-order valence-electron chi connectivity index (χ3n) is 6.20. The van der Waals surface area contributed by atoms with Gasteiger partial charge >= 0.3 is 0 Å². The van der Waals surface area contributed by atoms with E-state index in [-0.39, 0.29) is 0 Å². The van der Waals surface area contributed by atoms with Crippen molar-refractivity contribution in [2.24, 2.45) is 0 Å².